The Hall–Kier alpha value is -1.15. The van der Waals surface area contributed by atoms with Gasteiger partial charge >= 0.3 is 0 Å². The number of amides is 1. The summed E-state index contributed by atoms with van der Waals surface area (Å²) in [5.74, 6) is 0.661. The molecule has 8 heteroatoms. The maximum absolute atomic E-state index is 13.0. The van der Waals surface area contributed by atoms with Gasteiger partial charge in [0.1, 0.15) is 0 Å². The van der Waals surface area contributed by atoms with Gasteiger partial charge in [0.2, 0.25) is 15.9 Å². The van der Waals surface area contributed by atoms with Crippen molar-refractivity contribution in [2.75, 3.05) is 26.2 Å². The summed E-state index contributed by atoms with van der Waals surface area (Å²) in [4.78, 5) is 15.2. The Morgan fingerprint density at radius 3 is 2.33 bits per heavy atom. The summed E-state index contributed by atoms with van der Waals surface area (Å²) < 4.78 is 26.9. The van der Waals surface area contributed by atoms with E-state index in [0.29, 0.717) is 43.3 Å². The van der Waals surface area contributed by atoms with Crippen molar-refractivity contribution < 1.29 is 13.2 Å². The molecular formula is C19H30ClN3O3S. The van der Waals surface area contributed by atoms with Crippen LogP contribution in [0.1, 0.15) is 32.6 Å². The molecule has 0 saturated carbocycles. The van der Waals surface area contributed by atoms with E-state index in [0.717, 1.165) is 19.4 Å². The monoisotopic (exact) mass is 415 g/mol. The molecule has 0 bridgehead atoms. The number of hydrogen-bond donors (Lipinski definition) is 1. The molecule has 2 aliphatic rings. The van der Waals surface area contributed by atoms with Crippen molar-refractivity contribution in [2.24, 2.45) is 17.6 Å². The van der Waals surface area contributed by atoms with E-state index in [-0.39, 0.29) is 30.3 Å². The summed E-state index contributed by atoms with van der Waals surface area (Å²) >= 11 is 0. The summed E-state index contributed by atoms with van der Waals surface area (Å²) in [6.07, 6.45) is 3.13. The van der Waals surface area contributed by atoms with Gasteiger partial charge in [-0.15, -0.1) is 12.4 Å². The molecule has 2 N–H and O–H groups in total. The van der Waals surface area contributed by atoms with E-state index in [9.17, 15) is 13.2 Å². The Morgan fingerprint density at radius 1 is 1.11 bits per heavy atom. The molecule has 1 aromatic rings. The number of nitrogens with zero attached hydrogens (tertiary/aromatic N) is 2. The molecular weight excluding hydrogens is 386 g/mol. The lowest BCUT2D eigenvalue weighted by Gasteiger charge is -2.41. The standard InChI is InChI=1S/C19H29N3O3S.ClH/c1-15-7-12-22(17(13-15)14-20)19(23)16-8-10-21(11-9-16)26(24,25)18-5-3-2-4-6-18;/h2-6,15-17H,7-14,20H2,1H3;1H. The lowest BCUT2D eigenvalue weighted by molar-refractivity contribution is -0.141. The van der Waals surface area contributed by atoms with E-state index < -0.39 is 10.0 Å². The fraction of sp³-hybridized carbons (Fsp3) is 0.632. The van der Waals surface area contributed by atoms with Gasteiger partial charge in [-0.05, 0) is 43.7 Å². The van der Waals surface area contributed by atoms with Crippen LogP contribution in [0.4, 0.5) is 0 Å². The number of halogens is 1. The van der Waals surface area contributed by atoms with Crippen LogP contribution in [0.15, 0.2) is 35.2 Å². The molecule has 0 radical (unpaired) electrons. The first-order chi connectivity index (χ1) is 12.4. The summed E-state index contributed by atoms with van der Waals surface area (Å²) in [7, 11) is -3.47. The molecule has 27 heavy (non-hydrogen) atoms. The fourth-order valence-electron chi connectivity index (χ4n) is 4.08. The van der Waals surface area contributed by atoms with Crippen molar-refractivity contribution >= 4 is 28.3 Å². The highest BCUT2D eigenvalue weighted by molar-refractivity contribution is 7.89. The normalized spacial score (nSPS) is 25.0. The molecule has 2 fully saturated rings. The van der Waals surface area contributed by atoms with Gasteiger partial charge in [-0.3, -0.25) is 4.79 Å². The zero-order chi connectivity index (χ0) is 18.7. The number of carbonyl (C=O) groups is 1. The second-order valence-electron chi connectivity index (χ2n) is 7.54. The van der Waals surface area contributed by atoms with E-state index in [1.54, 1.807) is 30.3 Å². The van der Waals surface area contributed by atoms with Crippen LogP contribution in [0.25, 0.3) is 0 Å². The average Bonchev–Trinajstić information content (AvgIpc) is 2.68. The Morgan fingerprint density at radius 2 is 1.74 bits per heavy atom. The van der Waals surface area contributed by atoms with Crippen molar-refractivity contribution in [3.05, 3.63) is 30.3 Å². The maximum atomic E-state index is 13.0. The molecule has 2 aliphatic heterocycles. The van der Waals surface area contributed by atoms with Crippen molar-refractivity contribution in [2.45, 2.75) is 43.5 Å². The molecule has 2 unspecified atom stereocenters. The molecule has 152 valence electrons. The van der Waals surface area contributed by atoms with Crippen molar-refractivity contribution in [1.82, 2.24) is 9.21 Å². The van der Waals surface area contributed by atoms with Gasteiger partial charge in [-0.1, -0.05) is 25.1 Å². The molecule has 1 aromatic carbocycles. The topological polar surface area (TPSA) is 83.7 Å². The maximum Gasteiger partial charge on any atom is 0.243 e. The van der Waals surface area contributed by atoms with Gasteiger partial charge in [0, 0.05) is 38.1 Å². The second kappa shape index (κ2) is 9.37. The van der Waals surface area contributed by atoms with E-state index in [4.69, 9.17) is 5.73 Å². The minimum atomic E-state index is -3.47. The van der Waals surface area contributed by atoms with E-state index in [2.05, 4.69) is 6.92 Å². The molecule has 6 nitrogen and oxygen atoms in total. The second-order valence-corrected chi connectivity index (χ2v) is 9.48. The Bertz CT molecular complexity index is 721. The van der Waals surface area contributed by atoms with Crippen molar-refractivity contribution in [1.29, 1.82) is 0 Å². The van der Waals surface area contributed by atoms with Gasteiger partial charge in [0.05, 0.1) is 4.90 Å². The van der Waals surface area contributed by atoms with Crippen molar-refractivity contribution in [3.63, 3.8) is 0 Å². The summed E-state index contributed by atoms with van der Waals surface area (Å²) in [6.45, 7) is 4.26. The highest BCUT2D eigenvalue weighted by atomic mass is 35.5. The number of carbonyl (C=O) groups excluding carboxylic acids is 1. The van der Waals surface area contributed by atoms with E-state index >= 15 is 0 Å². The van der Waals surface area contributed by atoms with Gasteiger partial charge in [-0.25, -0.2) is 8.42 Å². The Labute approximate surface area is 168 Å². The number of nitrogens with two attached hydrogens (primary N) is 1. The number of hydrogen-bond acceptors (Lipinski definition) is 4. The molecule has 2 heterocycles. The van der Waals surface area contributed by atoms with Crippen LogP contribution in [0.3, 0.4) is 0 Å². The first kappa shape index (κ1) is 22.1. The third-order valence-electron chi connectivity index (χ3n) is 5.72. The predicted molar refractivity (Wildman–Crippen MR) is 108 cm³/mol. The summed E-state index contributed by atoms with van der Waals surface area (Å²) in [5.41, 5.74) is 5.89. The third-order valence-corrected chi connectivity index (χ3v) is 7.63. The fourth-order valence-corrected chi connectivity index (χ4v) is 5.58. The molecule has 0 aliphatic carbocycles. The lowest BCUT2D eigenvalue weighted by atomic mass is 9.89. The minimum Gasteiger partial charge on any atom is -0.338 e. The lowest BCUT2D eigenvalue weighted by Crippen LogP contribution is -2.52. The van der Waals surface area contributed by atoms with E-state index in [1.807, 2.05) is 4.90 Å². The number of rotatable bonds is 4. The molecule has 0 aromatic heterocycles. The van der Waals surface area contributed by atoms with Gasteiger partial charge < -0.3 is 10.6 Å². The van der Waals surface area contributed by atoms with Crippen LogP contribution in [0.2, 0.25) is 0 Å². The Balaban J connectivity index is 0.00000261. The third kappa shape index (κ3) is 4.83. The van der Waals surface area contributed by atoms with E-state index in [1.165, 1.54) is 4.31 Å². The molecule has 3 rings (SSSR count). The van der Waals surface area contributed by atoms with Gasteiger partial charge in [0.25, 0.3) is 0 Å². The highest BCUT2D eigenvalue weighted by Gasteiger charge is 2.36. The van der Waals surface area contributed by atoms with Crippen LogP contribution < -0.4 is 5.73 Å². The minimum absolute atomic E-state index is 0. The number of piperidine rings is 2. The van der Waals surface area contributed by atoms with Crippen LogP contribution >= 0.6 is 12.4 Å². The predicted octanol–water partition coefficient (Wildman–Crippen LogP) is 2.09. The van der Waals surface area contributed by atoms with Crippen molar-refractivity contribution in [3.8, 4) is 0 Å². The van der Waals surface area contributed by atoms with Gasteiger partial charge in [0.15, 0.2) is 0 Å². The zero-order valence-electron chi connectivity index (χ0n) is 15.8. The zero-order valence-corrected chi connectivity index (χ0v) is 17.4. The number of benzene rings is 1. The van der Waals surface area contributed by atoms with Crippen LogP contribution in [0.5, 0.6) is 0 Å². The quantitative estimate of drug-likeness (QED) is 0.816. The first-order valence-corrected chi connectivity index (χ1v) is 10.9. The highest BCUT2D eigenvalue weighted by Crippen LogP contribution is 2.28. The Kier molecular flexibility index (Phi) is 7.68. The first-order valence-electron chi connectivity index (χ1n) is 9.49. The number of likely N-dealkylation sites (tertiary alicyclic amines) is 1. The molecule has 2 saturated heterocycles. The molecule has 1 amide bonds. The van der Waals surface area contributed by atoms with Crippen LogP contribution in [-0.4, -0.2) is 55.8 Å². The van der Waals surface area contributed by atoms with Crippen LogP contribution in [0, 0.1) is 11.8 Å². The largest absolute Gasteiger partial charge is 0.338 e. The van der Waals surface area contributed by atoms with Gasteiger partial charge in [-0.2, -0.15) is 4.31 Å². The molecule has 0 spiro atoms. The summed E-state index contributed by atoms with van der Waals surface area (Å²) in [6, 6.07) is 8.62. The molecule has 2 atom stereocenters. The summed E-state index contributed by atoms with van der Waals surface area (Å²) in [5, 5.41) is 0. The SMILES string of the molecule is CC1CCN(C(=O)C2CCN(S(=O)(=O)c3ccccc3)CC2)C(CN)C1.Cl. The van der Waals surface area contributed by atoms with Crippen LogP contribution in [-0.2, 0) is 14.8 Å². The smallest absolute Gasteiger partial charge is 0.243 e. The number of sulfonamides is 1. The average molecular weight is 416 g/mol.